The molecule has 4 rings (SSSR count). The lowest BCUT2D eigenvalue weighted by atomic mass is 9.98. The molecular weight excluding hydrogens is 457 g/mol. The van der Waals surface area contributed by atoms with Crippen LogP contribution in [-0.2, 0) is 30.5 Å². The second-order valence-corrected chi connectivity index (χ2v) is 8.96. The largest absolute Gasteiger partial charge is 0.467 e. The number of aryl methyl sites for hydroxylation is 2. The molecule has 1 saturated heterocycles. The molecule has 2 aromatic rings. The topological polar surface area (TPSA) is 82.3 Å². The number of piperazine rings is 1. The van der Waals surface area contributed by atoms with Gasteiger partial charge in [0.25, 0.3) is 5.91 Å². The number of anilines is 1. The fourth-order valence-corrected chi connectivity index (χ4v) is 5.16. The average molecular weight is 484 g/mol. The van der Waals surface area contributed by atoms with E-state index in [4.69, 9.17) is 21.3 Å². The summed E-state index contributed by atoms with van der Waals surface area (Å²) < 4.78 is 19.0. The van der Waals surface area contributed by atoms with Crippen LogP contribution in [0.25, 0.3) is 0 Å². The number of fused-ring (bicyclic) bond motifs is 2. The number of benzene rings is 1. The van der Waals surface area contributed by atoms with Gasteiger partial charge in [-0.05, 0) is 49.3 Å². The van der Waals surface area contributed by atoms with Gasteiger partial charge in [0.15, 0.2) is 5.83 Å². The maximum Gasteiger partial charge on any atom is 0.318 e. The number of hydrogen-bond acceptors (Lipinski definition) is 6. The molecule has 0 saturated carbocycles. The smallest absolute Gasteiger partial charge is 0.318 e. The van der Waals surface area contributed by atoms with Crippen LogP contribution >= 0.6 is 11.6 Å². The molecule has 1 aliphatic heterocycles. The average Bonchev–Trinajstić information content (AvgIpc) is 2.92. The number of nitrogens with zero attached hydrogens (tertiary/aromatic N) is 5. The Bertz CT molecular complexity index is 1150. The van der Waals surface area contributed by atoms with Crippen LogP contribution in [0, 0.1) is 11.3 Å². The Hall–Kier alpha value is -3.18. The van der Waals surface area contributed by atoms with E-state index in [0.29, 0.717) is 13.1 Å². The van der Waals surface area contributed by atoms with E-state index >= 15 is 0 Å². The van der Waals surface area contributed by atoms with Crippen molar-refractivity contribution in [2.45, 2.75) is 44.6 Å². The summed E-state index contributed by atoms with van der Waals surface area (Å²) >= 11 is 6.49. The van der Waals surface area contributed by atoms with Gasteiger partial charge >= 0.3 is 6.01 Å². The number of nitriles is 1. The summed E-state index contributed by atoms with van der Waals surface area (Å²) in [5.74, 6) is -1.03. The maximum absolute atomic E-state index is 13.6. The minimum absolute atomic E-state index is 0.0891. The summed E-state index contributed by atoms with van der Waals surface area (Å²) in [5.41, 5.74) is 4.39. The molecule has 1 aliphatic carbocycles. The zero-order chi connectivity index (χ0) is 24.2. The van der Waals surface area contributed by atoms with Gasteiger partial charge in [0.2, 0.25) is 0 Å². The zero-order valence-electron chi connectivity index (χ0n) is 19.2. The molecule has 1 aromatic heterocycles. The molecule has 1 fully saturated rings. The lowest BCUT2D eigenvalue weighted by Gasteiger charge is -2.41. The summed E-state index contributed by atoms with van der Waals surface area (Å²) in [6.07, 6.45) is 4.13. The van der Waals surface area contributed by atoms with E-state index in [1.165, 1.54) is 23.1 Å². The third kappa shape index (κ3) is 4.85. The first-order valence-corrected chi connectivity index (χ1v) is 11.8. The normalized spacial score (nSPS) is 18.0. The molecule has 2 heterocycles. The van der Waals surface area contributed by atoms with Gasteiger partial charge in [-0.2, -0.15) is 15.2 Å². The van der Waals surface area contributed by atoms with Crippen molar-refractivity contribution in [3.05, 3.63) is 58.0 Å². The number of aromatic nitrogens is 2. The van der Waals surface area contributed by atoms with Crippen LogP contribution in [0.3, 0.4) is 0 Å². The van der Waals surface area contributed by atoms with Crippen LogP contribution in [-0.4, -0.2) is 53.6 Å². The molecular formula is C25H27ClFN5O2. The van der Waals surface area contributed by atoms with Crippen molar-refractivity contribution < 1.29 is 13.9 Å². The Morgan fingerprint density at radius 2 is 2.09 bits per heavy atom. The summed E-state index contributed by atoms with van der Waals surface area (Å²) in [4.78, 5) is 25.1. The fraction of sp³-hybridized carbons (Fsp3) is 0.440. The van der Waals surface area contributed by atoms with E-state index in [0.717, 1.165) is 54.2 Å². The molecule has 1 amide bonds. The van der Waals surface area contributed by atoms with Gasteiger partial charge in [-0.3, -0.25) is 4.79 Å². The van der Waals surface area contributed by atoms with Gasteiger partial charge in [-0.15, -0.1) is 0 Å². The molecule has 1 unspecified atom stereocenters. The highest BCUT2D eigenvalue weighted by Gasteiger charge is 2.34. The van der Waals surface area contributed by atoms with Crippen LogP contribution in [0.15, 0.2) is 30.6 Å². The highest BCUT2D eigenvalue weighted by atomic mass is 35.5. The summed E-state index contributed by atoms with van der Waals surface area (Å²) in [6, 6.07) is 7.97. The van der Waals surface area contributed by atoms with Gasteiger partial charge < -0.3 is 14.5 Å². The van der Waals surface area contributed by atoms with Crippen LogP contribution < -0.4 is 9.64 Å². The minimum atomic E-state index is -1.02. The highest BCUT2D eigenvalue weighted by molar-refractivity contribution is 6.31. The number of methoxy groups -OCH3 is 1. The first kappa shape index (κ1) is 24.0. The third-order valence-electron chi connectivity index (χ3n) is 6.54. The summed E-state index contributed by atoms with van der Waals surface area (Å²) in [5, 5.41) is 10.1. The Morgan fingerprint density at radius 3 is 2.82 bits per heavy atom. The van der Waals surface area contributed by atoms with E-state index in [-0.39, 0.29) is 19.0 Å². The van der Waals surface area contributed by atoms with Gasteiger partial charge in [0.05, 0.1) is 31.3 Å². The second kappa shape index (κ2) is 10.4. The van der Waals surface area contributed by atoms with Crippen LogP contribution in [0.2, 0.25) is 5.02 Å². The van der Waals surface area contributed by atoms with Crippen molar-refractivity contribution in [2.24, 2.45) is 0 Å². The number of halogens is 2. The third-order valence-corrected chi connectivity index (χ3v) is 6.89. The molecule has 9 heteroatoms. The Balaban J connectivity index is 1.69. The van der Waals surface area contributed by atoms with Crippen molar-refractivity contribution >= 4 is 23.3 Å². The summed E-state index contributed by atoms with van der Waals surface area (Å²) in [6.45, 7) is 4.22. The lowest BCUT2D eigenvalue weighted by molar-refractivity contribution is -0.131. The van der Waals surface area contributed by atoms with E-state index < -0.39 is 17.8 Å². The molecule has 0 N–H and O–H groups in total. The molecule has 1 aromatic carbocycles. The Labute approximate surface area is 203 Å². The van der Waals surface area contributed by atoms with Gasteiger partial charge in [-0.25, -0.2) is 4.39 Å². The van der Waals surface area contributed by atoms with Gasteiger partial charge in [0.1, 0.15) is 5.82 Å². The van der Waals surface area contributed by atoms with E-state index in [9.17, 15) is 14.4 Å². The number of carbonyl (C=O) groups excluding carboxylic acids is 1. The Kier molecular flexibility index (Phi) is 7.32. The van der Waals surface area contributed by atoms with Crippen molar-refractivity contribution in [3.63, 3.8) is 0 Å². The molecule has 178 valence electrons. The second-order valence-electron chi connectivity index (χ2n) is 8.56. The fourth-order valence-electron chi connectivity index (χ4n) is 4.87. The van der Waals surface area contributed by atoms with Crippen molar-refractivity contribution in [1.29, 1.82) is 5.26 Å². The predicted molar refractivity (Wildman–Crippen MR) is 128 cm³/mol. The van der Waals surface area contributed by atoms with Gasteiger partial charge in [0, 0.05) is 30.2 Å². The number of hydrogen-bond donors (Lipinski definition) is 0. The molecule has 2 aliphatic rings. The standard InChI is InChI=1S/C25H27ClFN5O2/c1-16(27)24(33)32-14-13-31(15-18(32)11-12-28)23-20-10-9-17-5-3-7-21(26)19(17)6-4-8-22(20)29-25(30-23)34-2/h3,5,7,18H,1,4,6,8-11,13-15H2,2H3. The number of carbonyl (C=O) groups is 1. The monoisotopic (exact) mass is 483 g/mol. The highest BCUT2D eigenvalue weighted by Crippen LogP contribution is 2.32. The molecule has 0 radical (unpaired) electrons. The lowest BCUT2D eigenvalue weighted by Crippen LogP contribution is -2.55. The number of amides is 1. The van der Waals surface area contributed by atoms with Crippen molar-refractivity contribution in [2.75, 3.05) is 31.6 Å². The molecule has 0 bridgehead atoms. The molecule has 7 nitrogen and oxygen atoms in total. The SMILES string of the molecule is C=C(F)C(=O)N1CCN(c2nc(OC)nc3c2CCc2cccc(Cl)c2CCC3)CC1CC#N. The minimum Gasteiger partial charge on any atom is -0.467 e. The molecule has 1 atom stereocenters. The quantitative estimate of drug-likeness (QED) is 0.615. The zero-order valence-corrected chi connectivity index (χ0v) is 19.9. The van der Waals surface area contributed by atoms with E-state index in [1.807, 2.05) is 12.1 Å². The first-order chi connectivity index (χ1) is 16.4. The van der Waals surface area contributed by atoms with Crippen molar-refractivity contribution in [1.82, 2.24) is 14.9 Å². The van der Waals surface area contributed by atoms with Crippen LogP contribution in [0.4, 0.5) is 10.2 Å². The predicted octanol–water partition coefficient (Wildman–Crippen LogP) is 3.83. The number of rotatable bonds is 4. The van der Waals surface area contributed by atoms with Gasteiger partial charge in [-0.1, -0.05) is 30.3 Å². The van der Waals surface area contributed by atoms with E-state index in [2.05, 4.69) is 28.6 Å². The molecule has 0 spiro atoms. The van der Waals surface area contributed by atoms with Crippen LogP contribution in [0.1, 0.15) is 35.2 Å². The Morgan fingerprint density at radius 1 is 1.26 bits per heavy atom. The number of ether oxygens (including phenoxy) is 1. The first-order valence-electron chi connectivity index (χ1n) is 11.4. The molecule has 34 heavy (non-hydrogen) atoms. The summed E-state index contributed by atoms with van der Waals surface area (Å²) in [7, 11) is 1.54. The van der Waals surface area contributed by atoms with E-state index in [1.54, 1.807) is 0 Å². The van der Waals surface area contributed by atoms with Crippen molar-refractivity contribution in [3.8, 4) is 12.1 Å². The van der Waals surface area contributed by atoms with Crippen LogP contribution in [0.5, 0.6) is 6.01 Å². The maximum atomic E-state index is 13.6.